The van der Waals surface area contributed by atoms with Crippen LogP contribution in [0.25, 0.3) is 0 Å². The van der Waals surface area contributed by atoms with Crippen molar-refractivity contribution in [2.24, 2.45) is 0 Å². The molecule has 1 saturated carbocycles. The van der Waals surface area contributed by atoms with Crippen molar-refractivity contribution < 1.29 is 22.8 Å². The Kier molecular flexibility index (Phi) is 5.36. The van der Waals surface area contributed by atoms with Gasteiger partial charge in [0.1, 0.15) is 22.4 Å². The van der Waals surface area contributed by atoms with E-state index in [4.69, 9.17) is 0 Å². The first-order chi connectivity index (χ1) is 12.3. The average Bonchev–Trinajstić information content (AvgIpc) is 3.36. The molecule has 1 heterocycles. The zero-order valence-electron chi connectivity index (χ0n) is 14.9. The molecule has 0 bridgehead atoms. The number of hydrogen-bond donors (Lipinski definition) is 1. The van der Waals surface area contributed by atoms with Gasteiger partial charge in [-0.05, 0) is 44.9 Å². The highest BCUT2D eigenvalue weighted by Crippen LogP contribution is 2.34. The van der Waals surface area contributed by atoms with Crippen molar-refractivity contribution in [2.45, 2.75) is 57.0 Å². The number of nitrogens with zero attached hydrogens (tertiary/aromatic N) is 2. The molecule has 3 aliphatic rings. The molecule has 0 aromatic carbocycles. The van der Waals surface area contributed by atoms with E-state index in [0.717, 1.165) is 55.4 Å². The van der Waals surface area contributed by atoms with Crippen molar-refractivity contribution in [2.75, 3.05) is 18.6 Å². The molecule has 26 heavy (non-hydrogen) atoms. The van der Waals surface area contributed by atoms with Crippen LogP contribution in [-0.2, 0) is 19.4 Å². The molecular formula is C17H25N3O5S. The Morgan fingerprint density at radius 3 is 2.62 bits per heavy atom. The van der Waals surface area contributed by atoms with Crippen LogP contribution >= 0.6 is 0 Å². The summed E-state index contributed by atoms with van der Waals surface area (Å²) in [7, 11) is -3.23. The van der Waals surface area contributed by atoms with Crippen LogP contribution in [0, 0.1) is 0 Å². The predicted octanol–water partition coefficient (Wildman–Crippen LogP) is 0.790. The minimum atomic E-state index is -3.23. The predicted molar refractivity (Wildman–Crippen MR) is 94.8 cm³/mol. The molecule has 8 nitrogen and oxygen atoms in total. The Bertz CT molecular complexity index is 741. The van der Waals surface area contributed by atoms with Crippen LogP contribution in [0.4, 0.5) is 4.79 Å². The van der Waals surface area contributed by atoms with E-state index >= 15 is 0 Å². The molecule has 0 aromatic heterocycles. The van der Waals surface area contributed by atoms with E-state index in [-0.39, 0.29) is 30.7 Å². The number of sulfone groups is 1. The van der Waals surface area contributed by atoms with Gasteiger partial charge in [0.05, 0.1) is 5.75 Å². The van der Waals surface area contributed by atoms with E-state index in [1.807, 2.05) is 0 Å². The fourth-order valence-electron chi connectivity index (χ4n) is 3.44. The number of carbonyl (C=O) groups excluding carboxylic acids is 3. The van der Waals surface area contributed by atoms with Gasteiger partial charge < -0.3 is 10.2 Å². The standard InChI is InChI=1S/C17H25N3O5S/c1-26(24,25)10-9-14-16(22)19(17(23)18-14)11-15(21)20(13-7-8-13)12-5-3-2-4-6-12/h5,13-14H,2-4,6-11H2,1H3,(H,18,23)/t14-/m0/s1. The number of nitrogens with one attached hydrogen (secondary N) is 1. The summed E-state index contributed by atoms with van der Waals surface area (Å²) >= 11 is 0. The molecule has 2 fully saturated rings. The minimum absolute atomic E-state index is 0.0194. The van der Waals surface area contributed by atoms with E-state index in [1.54, 1.807) is 4.90 Å². The Hall–Kier alpha value is -1.90. The molecular weight excluding hydrogens is 358 g/mol. The number of urea groups is 1. The van der Waals surface area contributed by atoms with Gasteiger partial charge in [-0.2, -0.15) is 0 Å². The van der Waals surface area contributed by atoms with Gasteiger partial charge in [-0.25, -0.2) is 13.2 Å². The second kappa shape index (κ2) is 7.38. The van der Waals surface area contributed by atoms with Crippen LogP contribution in [-0.4, -0.2) is 66.7 Å². The number of rotatable bonds is 7. The summed E-state index contributed by atoms with van der Waals surface area (Å²) in [5.41, 5.74) is 1.00. The number of imide groups is 1. The van der Waals surface area contributed by atoms with Crippen LogP contribution in [0.15, 0.2) is 11.8 Å². The molecule has 3 rings (SSSR count). The highest BCUT2D eigenvalue weighted by Gasteiger charge is 2.42. The lowest BCUT2D eigenvalue weighted by Gasteiger charge is -2.29. The van der Waals surface area contributed by atoms with Crippen LogP contribution in [0.2, 0.25) is 0 Å². The molecule has 1 atom stereocenters. The smallest absolute Gasteiger partial charge is 0.325 e. The first-order valence-corrected chi connectivity index (χ1v) is 11.1. The maximum atomic E-state index is 12.8. The SMILES string of the molecule is CS(=O)(=O)CC[C@@H]1NC(=O)N(CC(=O)N(C2=CCCCC2)C2CC2)C1=O. The number of hydrogen-bond acceptors (Lipinski definition) is 5. The van der Waals surface area contributed by atoms with Gasteiger partial charge in [0.25, 0.3) is 5.91 Å². The monoisotopic (exact) mass is 383 g/mol. The molecule has 0 aromatic rings. The molecule has 144 valence electrons. The van der Waals surface area contributed by atoms with Crippen molar-refractivity contribution in [3.05, 3.63) is 11.8 Å². The van der Waals surface area contributed by atoms with Gasteiger partial charge in [-0.15, -0.1) is 0 Å². The molecule has 1 aliphatic heterocycles. The van der Waals surface area contributed by atoms with Crippen molar-refractivity contribution in [1.29, 1.82) is 0 Å². The van der Waals surface area contributed by atoms with E-state index in [9.17, 15) is 22.8 Å². The summed E-state index contributed by atoms with van der Waals surface area (Å²) < 4.78 is 22.6. The van der Waals surface area contributed by atoms with Gasteiger partial charge in [0.2, 0.25) is 5.91 Å². The van der Waals surface area contributed by atoms with Crippen molar-refractivity contribution >= 4 is 27.7 Å². The maximum absolute atomic E-state index is 12.8. The summed E-state index contributed by atoms with van der Waals surface area (Å²) in [5.74, 6) is -0.958. The van der Waals surface area contributed by atoms with Crippen LogP contribution in [0.3, 0.4) is 0 Å². The Labute approximate surface area is 153 Å². The lowest BCUT2D eigenvalue weighted by Crippen LogP contribution is -2.44. The van der Waals surface area contributed by atoms with Crippen molar-refractivity contribution in [3.8, 4) is 0 Å². The summed E-state index contributed by atoms with van der Waals surface area (Å²) in [6.45, 7) is -0.298. The van der Waals surface area contributed by atoms with E-state index in [1.165, 1.54) is 0 Å². The molecule has 1 saturated heterocycles. The molecule has 0 spiro atoms. The fraction of sp³-hybridized carbons (Fsp3) is 0.706. The first kappa shape index (κ1) is 18.9. The Morgan fingerprint density at radius 2 is 2.04 bits per heavy atom. The third kappa shape index (κ3) is 4.44. The molecule has 1 N–H and O–H groups in total. The number of amides is 4. The quantitative estimate of drug-likeness (QED) is 0.655. The summed E-state index contributed by atoms with van der Waals surface area (Å²) in [6, 6.07) is -1.34. The molecule has 2 aliphatic carbocycles. The lowest BCUT2D eigenvalue weighted by atomic mass is 10.0. The Balaban J connectivity index is 1.65. The van der Waals surface area contributed by atoms with Crippen LogP contribution in [0.1, 0.15) is 44.9 Å². The highest BCUT2D eigenvalue weighted by atomic mass is 32.2. The van der Waals surface area contributed by atoms with Crippen molar-refractivity contribution in [3.63, 3.8) is 0 Å². The highest BCUT2D eigenvalue weighted by molar-refractivity contribution is 7.90. The minimum Gasteiger partial charge on any atom is -0.326 e. The molecule has 0 radical (unpaired) electrons. The van der Waals surface area contributed by atoms with Gasteiger partial charge in [-0.1, -0.05) is 6.08 Å². The topological polar surface area (TPSA) is 104 Å². The lowest BCUT2D eigenvalue weighted by molar-refractivity contribution is -0.136. The third-order valence-electron chi connectivity index (χ3n) is 4.93. The normalized spacial score (nSPS) is 23.7. The van der Waals surface area contributed by atoms with Gasteiger partial charge in [0, 0.05) is 18.0 Å². The summed E-state index contributed by atoms with van der Waals surface area (Å²) in [6.07, 6.45) is 9.03. The largest absolute Gasteiger partial charge is 0.326 e. The maximum Gasteiger partial charge on any atom is 0.325 e. The van der Waals surface area contributed by atoms with E-state index < -0.39 is 27.8 Å². The van der Waals surface area contributed by atoms with E-state index in [0.29, 0.717) is 0 Å². The second-order valence-corrected chi connectivity index (χ2v) is 9.54. The number of carbonyl (C=O) groups is 3. The third-order valence-corrected chi connectivity index (χ3v) is 5.91. The molecule has 0 unspecified atom stereocenters. The Morgan fingerprint density at radius 1 is 1.31 bits per heavy atom. The number of allylic oxidation sites excluding steroid dienone is 2. The molecule has 4 amide bonds. The van der Waals surface area contributed by atoms with Gasteiger partial charge >= 0.3 is 6.03 Å². The van der Waals surface area contributed by atoms with E-state index in [2.05, 4.69) is 11.4 Å². The fourth-order valence-corrected chi connectivity index (χ4v) is 4.10. The summed E-state index contributed by atoms with van der Waals surface area (Å²) in [4.78, 5) is 40.0. The average molecular weight is 383 g/mol. The van der Waals surface area contributed by atoms with Crippen molar-refractivity contribution in [1.82, 2.24) is 15.1 Å². The summed E-state index contributed by atoms with van der Waals surface area (Å²) in [5, 5.41) is 2.48. The molecule has 9 heteroatoms. The van der Waals surface area contributed by atoms with Crippen LogP contribution in [0.5, 0.6) is 0 Å². The zero-order valence-corrected chi connectivity index (χ0v) is 15.8. The zero-order chi connectivity index (χ0) is 18.9. The first-order valence-electron chi connectivity index (χ1n) is 9.07. The van der Waals surface area contributed by atoms with Gasteiger partial charge in [0.15, 0.2) is 0 Å². The van der Waals surface area contributed by atoms with Gasteiger partial charge in [-0.3, -0.25) is 14.5 Å². The second-order valence-electron chi connectivity index (χ2n) is 7.28. The van der Waals surface area contributed by atoms with Crippen LogP contribution < -0.4 is 5.32 Å².